The van der Waals surface area contributed by atoms with Gasteiger partial charge in [-0.05, 0) is 55.0 Å². The Kier molecular flexibility index (Phi) is 4.62. The number of hydrogen-bond donors (Lipinski definition) is 2. The summed E-state index contributed by atoms with van der Waals surface area (Å²) in [5.41, 5.74) is 7.98. The molecule has 146 valence electrons. The molecule has 0 radical (unpaired) electrons. The van der Waals surface area contributed by atoms with Crippen LogP contribution in [0, 0.1) is 6.92 Å². The van der Waals surface area contributed by atoms with Gasteiger partial charge in [0.15, 0.2) is 5.54 Å². The van der Waals surface area contributed by atoms with Crippen LogP contribution in [0.4, 0.5) is 11.4 Å². The predicted octanol–water partition coefficient (Wildman–Crippen LogP) is 4.88. The summed E-state index contributed by atoms with van der Waals surface area (Å²) >= 11 is 12.6. The molecule has 0 spiro atoms. The Morgan fingerprint density at radius 1 is 1.03 bits per heavy atom. The number of amides is 1. The van der Waals surface area contributed by atoms with Gasteiger partial charge in [0, 0.05) is 26.9 Å². The highest BCUT2D eigenvalue weighted by atomic mass is 35.5. The molecule has 0 fully saturated rings. The molecule has 1 aliphatic heterocycles. The van der Waals surface area contributed by atoms with E-state index in [9.17, 15) is 14.7 Å². The molecule has 1 amide bonds. The normalized spacial score (nSPS) is 18.1. The number of nitrogens with two attached hydrogens (primary N) is 1. The summed E-state index contributed by atoms with van der Waals surface area (Å²) in [7, 11) is 0. The minimum Gasteiger partial charge on any atom is -0.478 e. The second kappa shape index (κ2) is 6.88. The molecule has 7 heteroatoms. The third-order valence-electron chi connectivity index (χ3n) is 5.16. The summed E-state index contributed by atoms with van der Waals surface area (Å²) in [6.45, 7) is 1.68. The van der Waals surface area contributed by atoms with E-state index >= 15 is 0 Å². The molecular formula is C22H16Cl2N2O3. The van der Waals surface area contributed by atoms with Crippen LogP contribution in [0.1, 0.15) is 27.0 Å². The number of hydrogen-bond acceptors (Lipinski definition) is 3. The third kappa shape index (κ3) is 2.90. The van der Waals surface area contributed by atoms with Crippen molar-refractivity contribution in [3.05, 3.63) is 93.0 Å². The van der Waals surface area contributed by atoms with Gasteiger partial charge in [-0.25, -0.2) is 4.79 Å². The summed E-state index contributed by atoms with van der Waals surface area (Å²) in [5.74, 6) is -1.43. The Bertz CT molecular complexity index is 1180. The first kappa shape index (κ1) is 19.5. The van der Waals surface area contributed by atoms with E-state index in [1.165, 1.54) is 11.0 Å². The lowest BCUT2D eigenvalue weighted by Gasteiger charge is -2.26. The van der Waals surface area contributed by atoms with Crippen molar-refractivity contribution in [1.82, 2.24) is 0 Å². The Labute approximate surface area is 177 Å². The van der Waals surface area contributed by atoms with Crippen molar-refractivity contribution in [3.8, 4) is 0 Å². The molecular weight excluding hydrogens is 411 g/mol. The number of fused-ring (bicyclic) bond motifs is 1. The first-order valence-corrected chi connectivity index (χ1v) is 9.53. The molecule has 3 aromatic rings. The van der Waals surface area contributed by atoms with Crippen LogP contribution in [-0.2, 0) is 10.3 Å². The average molecular weight is 427 g/mol. The van der Waals surface area contributed by atoms with Gasteiger partial charge in [0.2, 0.25) is 0 Å². The van der Waals surface area contributed by atoms with E-state index in [1.54, 1.807) is 61.5 Å². The number of carbonyl (C=O) groups excluding carboxylic acids is 1. The summed E-state index contributed by atoms with van der Waals surface area (Å²) < 4.78 is 0. The third-order valence-corrected chi connectivity index (χ3v) is 5.73. The number of rotatable bonds is 3. The molecule has 4 rings (SSSR count). The smallest absolute Gasteiger partial charge is 0.335 e. The number of carbonyl (C=O) groups is 2. The van der Waals surface area contributed by atoms with Gasteiger partial charge < -0.3 is 10.8 Å². The molecule has 1 heterocycles. The molecule has 1 unspecified atom stereocenters. The van der Waals surface area contributed by atoms with Crippen LogP contribution in [0.5, 0.6) is 0 Å². The standard InChI is InChI=1S/C22H16Cl2N2O3/c1-12-10-14(7-8-15(12)20(27)28)26-19-9-6-13(23)11-17(19)22(25,21(26)29)16-4-2-3-5-18(16)24/h2-11H,25H2,1H3,(H,27,28). The fourth-order valence-electron chi connectivity index (χ4n) is 3.74. The summed E-state index contributed by atoms with van der Waals surface area (Å²) in [4.78, 5) is 26.5. The number of aromatic carboxylic acids is 1. The maximum atomic E-state index is 13.7. The maximum absolute atomic E-state index is 13.7. The Morgan fingerprint density at radius 2 is 1.76 bits per heavy atom. The Morgan fingerprint density at radius 3 is 2.41 bits per heavy atom. The summed E-state index contributed by atoms with van der Waals surface area (Å²) in [6, 6.07) is 16.7. The van der Waals surface area contributed by atoms with Gasteiger partial charge in [-0.1, -0.05) is 41.4 Å². The highest BCUT2D eigenvalue weighted by Crippen LogP contribution is 2.48. The molecule has 3 N–H and O–H groups in total. The van der Waals surface area contributed by atoms with Crippen LogP contribution < -0.4 is 10.6 Å². The van der Waals surface area contributed by atoms with Crippen molar-refractivity contribution >= 4 is 46.5 Å². The number of aryl methyl sites for hydroxylation is 1. The fraction of sp³-hybridized carbons (Fsp3) is 0.0909. The van der Waals surface area contributed by atoms with Gasteiger partial charge in [-0.15, -0.1) is 0 Å². The van der Waals surface area contributed by atoms with E-state index in [1.807, 2.05) is 0 Å². The number of halogens is 2. The Hall–Kier alpha value is -2.86. The number of benzene rings is 3. The van der Waals surface area contributed by atoms with E-state index in [0.29, 0.717) is 38.1 Å². The van der Waals surface area contributed by atoms with Crippen LogP contribution in [0.2, 0.25) is 10.0 Å². The largest absolute Gasteiger partial charge is 0.478 e. The van der Waals surface area contributed by atoms with E-state index in [0.717, 1.165) is 0 Å². The summed E-state index contributed by atoms with van der Waals surface area (Å²) in [6.07, 6.45) is 0. The van der Waals surface area contributed by atoms with Crippen molar-refractivity contribution in [2.24, 2.45) is 5.73 Å². The molecule has 1 aliphatic rings. The molecule has 29 heavy (non-hydrogen) atoms. The van der Waals surface area contributed by atoms with Crippen LogP contribution in [0.25, 0.3) is 0 Å². The zero-order valence-electron chi connectivity index (χ0n) is 15.3. The first-order chi connectivity index (χ1) is 13.7. The molecule has 3 aromatic carbocycles. The van der Waals surface area contributed by atoms with Crippen LogP contribution in [0.3, 0.4) is 0 Å². The van der Waals surface area contributed by atoms with Crippen molar-refractivity contribution < 1.29 is 14.7 Å². The van der Waals surface area contributed by atoms with Crippen molar-refractivity contribution in [3.63, 3.8) is 0 Å². The molecule has 0 saturated heterocycles. The average Bonchev–Trinajstić information content (AvgIpc) is 2.89. The van der Waals surface area contributed by atoms with Crippen LogP contribution in [-0.4, -0.2) is 17.0 Å². The van der Waals surface area contributed by atoms with Gasteiger partial charge in [0.05, 0.1) is 11.3 Å². The zero-order chi connectivity index (χ0) is 20.9. The van der Waals surface area contributed by atoms with Gasteiger partial charge in [0.1, 0.15) is 0 Å². The van der Waals surface area contributed by atoms with Gasteiger partial charge in [-0.3, -0.25) is 9.69 Å². The van der Waals surface area contributed by atoms with Crippen LogP contribution >= 0.6 is 23.2 Å². The maximum Gasteiger partial charge on any atom is 0.335 e. The molecule has 5 nitrogen and oxygen atoms in total. The fourth-order valence-corrected chi connectivity index (χ4v) is 4.20. The van der Waals surface area contributed by atoms with E-state index in [-0.39, 0.29) is 5.56 Å². The molecule has 0 aromatic heterocycles. The lowest BCUT2D eigenvalue weighted by Crippen LogP contribution is -2.47. The Balaban J connectivity index is 1.95. The van der Waals surface area contributed by atoms with Gasteiger partial charge in [-0.2, -0.15) is 0 Å². The highest BCUT2D eigenvalue weighted by Gasteiger charge is 2.51. The second-order valence-electron chi connectivity index (χ2n) is 6.89. The second-order valence-corrected chi connectivity index (χ2v) is 7.74. The van der Waals surface area contributed by atoms with Crippen molar-refractivity contribution in [1.29, 1.82) is 0 Å². The highest BCUT2D eigenvalue weighted by molar-refractivity contribution is 6.33. The topological polar surface area (TPSA) is 83.6 Å². The number of carboxylic acid groups (broad SMARTS) is 1. The van der Waals surface area contributed by atoms with E-state index in [4.69, 9.17) is 28.9 Å². The SMILES string of the molecule is Cc1cc(N2C(=O)C(N)(c3ccccc3Cl)c3cc(Cl)ccc32)ccc1C(=O)O. The minimum absolute atomic E-state index is 0.168. The zero-order valence-corrected chi connectivity index (χ0v) is 16.8. The lowest BCUT2D eigenvalue weighted by molar-refractivity contribution is -0.121. The van der Waals surface area contributed by atoms with Gasteiger partial charge >= 0.3 is 5.97 Å². The van der Waals surface area contributed by atoms with E-state index in [2.05, 4.69) is 0 Å². The number of nitrogens with zero attached hydrogens (tertiary/aromatic N) is 1. The number of carboxylic acids is 1. The first-order valence-electron chi connectivity index (χ1n) is 8.77. The quantitative estimate of drug-likeness (QED) is 0.624. The van der Waals surface area contributed by atoms with Crippen LogP contribution in [0.15, 0.2) is 60.7 Å². The van der Waals surface area contributed by atoms with Crippen molar-refractivity contribution in [2.45, 2.75) is 12.5 Å². The van der Waals surface area contributed by atoms with Crippen molar-refractivity contribution in [2.75, 3.05) is 4.90 Å². The molecule has 0 bridgehead atoms. The van der Waals surface area contributed by atoms with E-state index < -0.39 is 17.4 Å². The molecule has 0 aliphatic carbocycles. The minimum atomic E-state index is -1.53. The molecule has 1 atom stereocenters. The lowest BCUT2D eigenvalue weighted by atomic mass is 9.85. The monoisotopic (exact) mass is 426 g/mol. The van der Waals surface area contributed by atoms with Gasteiger partial charge in [0.25, 0.3) is 5.91 Å². The summed E-state index contributed by atoms with van der Waals surface area (Å²) in [5, 5.41) is 10.1. The number of anilines is 2. The molecule has 0 saturated carbocycles. The predicted molar refractivity (Wildman–Crippen MR) is 113 cm³/mol.